The van der Waals surface area contributed by atoms with E-state index >= 15 is 0 Å². The molecule has 3 aromatic rings. The normalized spacial score (nSPS) is 13.7. The van der Waals surface area contributed by atoms with E-state index in [4.69, 9.17) is 11.6 Å². The largest absolute Gasteiger partial charge is 0.355 e. The Balaban J connectivity index is 1.37. The highest BCUT2D eigenvalue weighted by molar-refractivity contribution is 7.99. The molecule has 4 rings (SSSR count). The molecule has 0 aliphatic carbocycles. The van der Waals surface area contributed by atoms with Crippen molar-refractivity contribution >= 4 is 35.2 Å². The lowest BCUT2D eigenvalue weighted by Crippen LogP contribution is -2.27. The molecule has 10 heteroatoms. The number of rotatable bonds is 9. The number of carbonyl (C=O) groups excluding carboxylic acids is 1. The summed E-state index contributed by atoms with van der Waals surface area (Å²) in [6, 6.07) is 9.71. The monoisotopic (exact) mass is 473 g/mol. The number of amides is 1. The maximum atomic E-state index is 12.4. The van der Waals surface area contributed by atoms with Crippen molar-refractivity contribution in [3.63, 3.8) is 0 Å². The van der Waals surface area contributed by atoms with E-state index in [1.165, 1.54) is 11.8 Å². The van der Waals surface area contributed by atoms with Gasteiger partial charge in [-0.2, -0.15) is 5.10 Å². The second-order valence-electron chi connectivity index (χ2n) is 7.91. The van der Waals surface area contributed by atoms with Gasteiger partial charge in [0.25, 0.3) is 0 Å². The topological polar surface area (TPSA) is 80.9 Å². The molecule has 8 nitrogen and oxygen atoms in total. The molecule has 32 heavy (non-hydrogen) atoms. The Labute approximate surface area is 197 Å². The quantitative estimate of drug-likeness (QED) is 0.377. The number of para-hydroxylation sites is 1. The smallest absolute Gasteiger partial charge is 0.232 e. The molecule has 1 saturated heterocycles. The van der Waals surface area contributed by atoms with Gasteiger partial charge in [-0.1, -0.05) is 35.5 Å². The van der Waals surface area contributed by atoms with Gasteiger partial charge >= 0.3 is 0 Å². The molecule has 1 aromatic carbocycles. The van der Waals surface area contributed by atoms with E-state index in [0.717, 1.165) is 61.9 Å². The Hall–Kier alpha value is -2.52. The first-order valence-corrected chi connectivity index (χ1v) is 12.2. The Morgan fingerprint density at radius 1 is 1.19 bits per heavy atom. The van der Waals surface area contributed by atoms with Gasteiger partial charge in [0.05, 0.1) is 22.2 Å². The summed E-state index contributed by atoms with van der Waals surface area (Å²) in [5, 5.41) is 17.5. The van der Waals surface area contributed by atoms with Crippen LogP contribution in [-0.4, -0.2) is 55.8 Å². The lowest BCUT2D eigenvalue weighted by atomic mass is 10.3. The molecular formula is C22H28ClN7OS. The number of halogens is 1. The van der Waals surface area contributed by atoms with Crippen molar-refractivity contribution in [1.29, 1.82) is 0 Å². The van der Waals surface area contributed by atoms with Gasteiger partial charge in [0, 0.05) is 31.9 Å². The van der Waals surface area contributed by atoms with Gasteiger partial charge in [-0.3, -0.25) is 14.0 Å². The molecule has 0 spiro atoms. The van der Waals surface area contributed by atoms with Gasteiger partial charge in [0.2, 0.25) is 11.9 Å². The summed E-state index contributed by atoms with van der Waals surface area (Å²) in [5.74, 6) is 1.02. The van der Waals surface area contributed by atoms with E-state index in [-0.39, 0.29) is 11.7 Å². The molecule has 170 valence electrons. The molecule has 1 aliphatic heterocycles. The molecule has 3 heterocycles. The lowest BCUT2D eigenvalue weighted by molar-refractivity contribution is -0.118. The van der Waals surface area contributed by atoms with E-state index in [1.807, 2.05) is 47.4 Å². The minimum absolute atomic E-state index is 0.0280. The van der Waals surface area contributed by atoms with E-state index in [0.29, 0.717) is 16.7 Å². The van der Waals surface area contributed by atoms with Gasteiger partial charge in [0.1, 0.15) is 0 Å². The van der Waals surface area contributed by atoms with Gasteiger partial charge in [-0.05, 0) is 51.3 Å². The fraction of sp³-hybridized carbons (Fsp3) is 0.455. The minimum atomic E-state index is -0.0280. The number of nitrogens with zero attached hydrogens (tertiary/aromatic N) is 6. The van der Waals surface area contributed by atoms with Crippen LogP contribution in [0.15, 0.2) is 35.5 Å². The van der Waals surface area contributed by atoms with Crippen molar-refractivity contribution in [3.05, 3.63) is 46.7 Å². The van der Waals surface area contributed by atoms with Crippen molar-refractivity contribution in [2.24, 2.45) is 0 Å². The molecule has 1 aliphatic rings. The van der Waals surface area contributed by atoms with Crippen LogP contribution < -0.4 is 10.2 Å². The zero-order chi connectivity index (χ0) is 22.5. The fourth-order valence-corrected chi connectivity index (χ4v) is 4.85. The first kappa shape index (κ1) is 22.7. The molecule has 0 unspecified atom stereocenters. The number of carbonyl (C=O) groups is 1. The van der Waals surface area contributed by atoms with Crippen molar-refractivity contribution in [1.82, 2.24) is 29.9 Å². The SMILES string of the molecule is Cc1cc(C)n(CCCNC(=O)CSc2nnc(N3CCCC3)n2-c2ccccc2Cl)n1. The second kappa shape index (κ2) is 10.4. The molecule has 1 fully saturated rings. The third-order valence-corrected chi connectivity index (χ3v) is 6.65. The first-order valence-electron chi connectivity index (χ1n) is 10.9. The van der Waals surface area contributed by atoms with Gasteiger partial charge < -0.3 is 10.2 Å². The first-order chi connectivity index (χ1) is 15.5. The number of hydrogen-bond acceptors (Lipinski definition) is 6. The van der Waals surface area contributed by atoms with Gasteiger partial charge in [0.15, 0.2) is 5.16 Å². The number of aromatic nitrogens is 5. The summed E-state index contributed by atoms with van der Waals surface area (Å²) < 4.78 is 3.94. The van der Waals surface area contributed by atoms with Crippen LogP contribution in [0.3, 0.4) is 0 Å². The molecule has 1 N–H and O–H groups in total. The van der Waals surface area contributed by atoms with Crippen LogP contribution in [0, 0.1) is 13.8 Å². The maximum absolute atomic E-state index is 12.4. The third-order valence-electron chi connectivity index (χ3n) is 5.40. The summed E-state index contributed by atoms with van der Waals surface area (Å²) >= 11 is 7.86. The number of hydrogen-bond donors (Lipinski definition) is 1. The van der Waals surface area contributed by atoms with Crippen LogP contribution in [0.5, 0.6) is 0 Å². The van der Waals surface area contributed by atoms with Crippen molar-refractivity contribution in [3.8, 4) is 5.69 Å². The lowest BCUT2D eigenvalue weighted by Gasteiger charge is -2.19. The predicted octanol–water partition coefficient (Wildman–Crippen LogP) is 3.63. The number of benzene rings is 1. The van der Waals surface area contributed by atoms with Gasteiger partial charge in [-0.15, -0.1) is 10.2 Å². The van der Waals surface area contributed by atoms with Crippen molar-refractivity contribution in [2.75, 3.05) is 30.3 Å². The van der Waals surface area contributed by atoms with E-state index < -0.39 is 0 Å². The summed E-state index contributed by atoms with van der Waals surface area (Å²) in [7, 11) is 0. The molecule has 0 atom stereocenters. The number of aryl methyl sites for hydroxylation is 3. The summed E-state index contributed by atoms with van der Waals surface area (Å²) in [6.07, 6.45) is 3.10. The van der Waals surface area contributed by atoms with Crippen LogP contribution in [0.25, 0.3) is 5.69 Å². The Morgan fingerprint density at radius 3 is 2.69 bits per heavy atom. The molecule has 0 bridgehead atoms. The number of thioether (sulfide) groups is 1. The Bertz CT molecular complexity index is 1070. The van der Waals surface area contributed by atoms with Crippen molar-refractivity contribution in [2.45, 2.75) is 44.8 Å². The summed E-state index contributed by atoms with van der Waals surface area (Å²) in [4.78, 5) is 14.6. The Morgan fingerprint density at radius 2 is 1.97 bits per heavy atom. The summed E-state index contributed by atoms with van der Waals surface area (Å²) in [6.45, 7) is 7.31. The highest BCUT2D eigenvalue weighted by Crippen LogP contribution is 2.31. The number of nitrogens with one attached hydrogen (secondary N) is 1. The maximum Gasteiger partial charge on any atom is 0.232 e. The summed E-state index contributed by atoms with van der Waals surface area (Å²) in [5.41, 5.74) is 2.98. The minimum Gasteiger partial charge on any atom is -0.355 e. The number of anilines is 1. The zero-order valence-corrected chi connectivity index (χ0v) is 20.0. The van der Waals surface area contributed by atoms with E-state index in [2.05, 4.69) is 31.6 Å². The predicted molar refractivity (Wildman–Crippen MR) is 128 cm³/mol. The van der Waals surface area contributed by atoms with Gasteiger partial charge in [-0.25, -0.2) is 0 Å². The van der Waals surface area contributed by atoms with Crippen LogP contribution in [0.1, 0.15) is 30.7 Å². The van der Waals surface area contributed by atoms with Crippen LogP contribution in [0.4, 0.5) is 5.95 Å². The fourth-order valence-electron chi connectivity index (χ4n) is 3.86. The van der Waals surface area contributed by atoms with Crippen molar-refractivity contribution < 1.29 is 4.79 Å². The molecule has 0 saturated carbocycles. The van der Waals surface area contributed by atoms with Crippen LogP contribution in [-0.2, 0) is 11.3 Å². The second-order valence-corrected chi connectivity index (χ2v) is 9.26. The molecule has 1 amide bonds. The van der Waals surface area contributed by atoms with Crippen LogP contribution >= 0.6 is 23.4 Å². The van der Waals surface area contributed by atoms with Crippen LogP contribution in [0.2, 0.25) is 5.02 Å². The third kappa shape index (κ3) is 5.27. The standard InChI is InChI=1S/C22H28ClN7OS/c1-16-14-17(2)29(27-16)13-7-10-24-20(31)15-32-22-26-25-21(28-11-5-6-12-28)30(22)19-9-4-3-8-18(19)23/h3-4,8-9,14H,5-7,10-13,15H2,1-2H3,(H,24,31). The average molecular weight is 474 g/mol. The highest BCUT2D eigenvalue weighted by Gasteiger charge is 2.23. The molecule has 2 aromatic heterocycles. The van der Waals surface area contributed by atoms with E-state index in [1.54, 1.807) is 0 Å². The highest BCUT2D eigenvalue weighted by atomic mass is 35.5. The zero-order valence-electron chi connectivity index (χ0n) is 18.4. The molecular weight excluding hydrogens is 446 g/mol. The molecule has 0 radical (unpaired) electrons. The average Bonchev–Trinajstić information content (AvgIpc) is 3.50. The Kier molecular flexibility index (Phi) is 7.36. The van der Waals surface area contributed by atoms with E-state index in [9.17, 15) is 4.79 Å².